The molecule has 0 saturated carbocycles. The van der Waals surface area contributed by atoms with Crippen molar-refractivity contribution in [2.45, 2.75) is 17.5 Å². The molecule has 0 atom stereocenters. The number of carbonyl (C=O) groups is 1. The van der Waals surface area contributed by atoms with Crippen molar-refractivity contribution in [3.63, 3.8) is 0 Å². The van der Waals surface area contributed by atoms with Crippen LogP contribution in [0, 0.1) is 0 Å². The Labute approximate surface area is 246 Å². The number of hydrogen-bond acceptors (Lipinski definition) is 9. The second kappa shape index (κ2) is 12.8. The van der Waals surface area contributed by atoms with Crippen LogP contribution < -0.4 is 28.4 Å². The lowest BCUT2D eigenvalue weighted by Gasteiger charge is -2.16. The van der Waals surface area contributed by atoms with Crippen LogP contribution in [0.15, 0.2) is 47.4 Å². The molecule has 4 rings (SSSR count). The molecular formula is C29H28F3NO9S. The van der Waals surface area contributed by atoms with Crippen molar-refractivity contribution < 1.29 is 54.8 Å². The highest BCUT2D eigenvalue weighted by Crippen LogP contribution is 2.46. The minimum Gasteiger partial charge on any atom is -0.493 e. The summed E-state index contributed by atoms with van der Waals surface area (Å²) >= 11 is 0. The highest BCUT2D eigenvalue weighted by Gasteiger charge is 2.31. The van der Waals surface area contributed by atoms with Crippen LogP contribution in [0.25, 0.3) is 12.2 Å². The van der Waals surface area contributed by atoms with Crippen LogP contribution in [0.3, 0.4) is 0 Å². The Morgan fingerprint density at radius 2 is 1.65 bits per heavy atom. The summed E-state index contributed by atoms with van der Waals surface area (Å²) in [5.41, 5.74) is 0.683. The third-order valence-corrected chi connectivity index (χ3v) is 8.00. The van der Waals surface area contributed by atoms with Gasteiger partial charge in [0.25, 0.3) is 0 Å². The largest absolute Gasteiger partial charge is 0.493 e. The summed E-state index contributed by atoms with van der Waals surface area (Å²) in [6.07, 6.45) is -1.17. The van der Waals surface area contributed by atoms with Crippen molar-refractivity contribution in [2.75, 3.05) is 41.8 Å². The fourth-order valence-corrected chi connectivity index (χ4v) is 5.49. The van der Waals surface area contributed by atoms with Crippen molar-refractivity contribution >= 4 is 28.1 Å². The third kappa shape index (κ3) is 6.65. The maximum atomic E-state index is 12.9. The number of methoxy groups -OCH3 is 4. The zero-order valence-electron chi connectivity index (χ0n) is 23.5. The molecule has 0 amide bonds. The van der Waals surface area contributed by atoms with E-state index in [2.05, 4.69) is 4.72 Å². The van der Waals surface area contributed by atoms with E-state index in [1.165, 1.54) is 28.4 Å². The minimum atomic E-state index is -4.59. The summed E-state index contributed by atoms with van der Waals surface area (Å²) in [6, 6.07) is 8.14. The van der Waals surface area contributed by atoms with E-state index in [4.69, 9.17) is 28.4 Å². The summed E-state index contributed by atoms with van der Waals surface area (Å²) in [7, 11) is 1.37. The molecule has 1 aliphatic heterocycles. The normalized spacial score (nSPS) is 12.8. The first-order chi connectivity index (χ1) is 20.4. The van der Waals surface area contributed by atoms with E-state index in [1.807, 2.05) is 0 Å². The third-order valence-electron chi connectivity index (χ3n) is 6.52. The highest BCUT2D eigenvalue weighted by atomic mass is 32.2. The fourth-order valence-electron chi connectivity index (χ4n) is 4.46. The van der Waals surface area contributed by atoms with Crippen molar-refractivity contribution in [1.82, 2.24) is 4.72 Å². The van der Waals surface area contributed by atoms with Crippen molar-refractivity contribution in [3.8, 4) is 28.7 Å². The summed E-state index contributed by atoms with van der Waals surface area (Å²) < 4.78 is 99.1. The van der Waals surface area contributed by atoms with Gasteiger partial charge in [-0.3, -0.25) is 0 Å². The first-order valence-electron chi connectivity index (χ1n) is 12.6. The van der Waals surface area contributed by atoms with Gasteiger partial charge < -0.3 is 28.4 Å². The van der Waals surface area contributed by atoms with Gasteiger partial charge in [-0.25, -0.2) is 17.9 Å². The van der Waals surface area contributed by atoms with Crippen LogP contribution in [-0.2, 0) is 27.4 Å². The molecular weight excluding hydrogens is 595 g/mol. The number of halogens is 3. The molecule has 0 fully saturated rings. The molecule has 1 aliphatic rings. The lowest BCUT2D eigenvalue weighted by molar-refractivity contribution is -0.137. The van der Waals surface area contributed by atoms with Gasteiger partial charge in [0.2, 0.25) is 22.6 Å². The molecule has 3 aromatic rings. The number of sulfonamides is 1. The molecule has 1 N–H and O–H groups in total. The van der Waals surface area contributed by atoms with E-state index >= 15 is 0 Å². The number of rotatable bonds is 11. The second-order valence-electron chi connectivity index (χ2n) is 8.98. The number of carbonyl (C=O) groups excluding carboxylic acids is 1. The molecule has 43 heavy (non-hydrogen) atoms. The van der Waals surface area contributed by atoms with E-state index in [1.54, 1.807) is 30.4 Å². The summed E-state index contributed by atoms with van der Waals surface area (Å²) in [6.45, 7) is -0.169. The zero-order valence-corrected chi connectivity index (χ0v) is 24.4. The molecule has 10 nitrogen and oxygen atoms in total. The molecule has 1 heterocycles. The van der Waals surface area contributed by atoms with E-state index < -0.39 is 27.7 Å². The molecule has 0 spiro atoms. The number of ether oxygens (including phenoxy) is 6. The predicted molar refractivity (Wildman–Crippen MR) is 149 cm³/mol. The lowest BCUT2D eigenvalue weighted by Crippen LogP contribution is -2.26. The smallest absolute Gasteiger partial charge is 0.416 e. The second-order valence-corrected chi connectivity index (χ2v) is 10.7. The van der Waals surface area contributed by atoms with Crippen LogP contribution >= 0.6 is 0 Å². The predicted octanol–water partition coefficient (Wildman–Crippen LogP) is 4.94. The van der Waals surface area contributed by atoms with Crippen molar-refractivity contribution in [2.24, 2.45) is 0 Å². The average Bonchev–Trinajstić information content (AvgIpc) is 3.46. The maximum absolute atomic E-state index is 12.9. The summed E-state index contributed by atoms with van der Waals surface area (Å²) in [5.74, 6) is 0.874. The molecule has 14 heteroatoms. The van der Waals surface area contributed by atoms with Crippen molar-refractivity contribution in [1.29, 1.82) is 0 Å². The minimum absolute atomic E-state index is 0.0545. The molecule has 0 bridgehead atoms. The van der Waals surface area contributed by atoms with E-state index in [0.29, 0.717) is 51.8 Å². The molecule has 0 saturated heterocycles. The van der Waals surface area contributed by atoms with Gasteiger partial charge in [-0.05, 0) is 53.9 Å². The van der Waals surface area contributed by atoms with Gasteiger partial charge in [-0.15, -0.1) is 0 Å². The van der Waals surface area contributed by atoms with Crippen molar-refractivity contribution in [3.05, 3.63) is 70.3 Å². The number of fused-ring (bicyclic) bond motifs is 1. The van der Waals surface area contributed by atoms with Crippen LogP contribution in [0.2, 0.25) is 0 Å². The number of benzene rings is 3. The summed E-state index contributed by atoms with van der Waals surface area (Å²) in [4.78, 5) is 12.4. The first-order valence-corrected chi connectivity index (χ1v) is 14.1. The van der Waals surface area contributed by atoms with Gasteiger partial charge in [0.1, 0.15) is 5.56 Å². The Morgan fingerprint density at radius 1 is 0.953 bits per heavy atom. The van der Waals surface area contributed by atoms with Gasteiger partial charge in [0, 0.05) is 12.1 Å². The fraction of sp³-hybridized carbons (Fsp3) is 0.276. The number of alkyl halides is 3. The Kier molecular flexibility index (Phi) is 9.40. The topological polar surface area (TPSA) is 119 Å². The zero-order chi connectivity index (χ0) is 31.4. The molecule has 0 unspecified atom stereocenters. The van der Waals surface area contributed by atoms with Crippen LogP contribution in [0.4, 0.5) is 13.2 Å². The Bertz CT molecular complexity index is 1640. The molecule has 0 radical (unpaired) electrons. The lowest BCUT2D eigenvalue weighted by atomic mass is 9.99. The van der Waals surface area contributed by atoms with Crippen LogP contribution in [-0.4, -0.2) is 56.2 Å². The average molecular weight is 624 g/mol. The molecule has 230 valence electrons. The van der Waals surface area contributed by atoms with Gasteiger partial charge in [-0.2, -0.15) is 13.2 Å². The Morgan fingerprint density at radius 3 is 2.26 bits per heavy atom. The molecule has 0 aromatic heterocycles. The van der Waals surface area contributed by atoms with Gasteiger partial charge >= 0.3 is 12.1 Å². The summed E-state index contributed by atoms with van der Waals surface area (Å²) in [5, 5.41) is 0. The highest BCUT2D eigenvalue weighted by molar-refractivity contribution is 7.89. The molecule has 3 aromatic carbocycles. The number of hydrogen-bond donors (Lipinski definition) is 1. The van der Waals surface area contributed by atoms with E-state index in [-0.39, 0.29) is 36.0 Å². The maximum Gasteiger partial charge on any atom is 0.416 e. The monoisotopic (exact) mass is 623 g/mol. The van der Waals surface area contributed by atoms with Gasteiger partial charge in [-0.1, -0.05) is 18.2 Å². The van der Waals surface area contributed by atoms with Crippen LogP contribution in [0.1, 0.15) is 32.6 Å². The first kappa shape index (κ1) is 31.5. The Balaban J connectivity index is 1.67. The molecule has 0 aliphatic carbocycles. The number of esters is 1. The van der Waals surface area contributed by atoms with E-state index in [9.17, 15) is 26.4 Å². The van der Waals surface area contributed by atoms with Gasteiger partial charge in [0.15, 0.2) is 23.0 Å². The van der Waals surface area contributed by atoms with Gasteiger partial charge in [0.05, 0.1) is 38.9 Å². The number of nitrogens with one attached hydrogen (secondary N) is 1. The van der Waals surface area contributed by atoms with E-state index in [0.717, 1.165) is 12.1 Å². The quantitative estimate of drug-likeness (QED) is 0.234. The van der Waals surface area contributed by atoms with Crippen LogP contribution in [0.5, 0.6) is 28.7 Å². The standard InChI is InChI=1S/C29H28F3NO9S/c1-37-22-12-6-17(24(26(22)39-3)28(34)40-4)5-11-21-18(15-23-27(25(21)38-2)42-16-41-23)13-14-33-43(35,36)20-9-7-19(8-10-20)29(30,31)32/h5-12,15,33H,13-14,16H2,1-4H3/b11-5+. The Hall–Kier alpha value is -4.43. The SMILES string of the molecule is COC(=O)c1c(/C=C/c2c(CCNS(=O)(=O)c3ccc(C(F)(F)F)cc3)cc3c(c2OC)OCO3)ccc(OC)c1OC.